The van der Waals surface area contributed by atoms with Crippen LogP contribution in [0.25, 0.3) is 9.88 Å². The van der Waals surface area contributed by atoms with Crippen LogP contribution in [0.3, 0.4) is 0 Å². The molecule has 0 aliphatic heterocycles. The molecule has 0 fully saturated rings. The first-order chi connectivity index (χ1) is 11.1. The number of nitrogens with zero attached hydrogens (tertiary/aromatic N) is 2. The fourth-order valence-corrected chi connectivity index (χ4v) is 3.92. The number of halogens is 1. The van der Waals surface area contributed by atoms with Gasteiger partial charge >= 0.3 is 0 Å². The summed E-state index contributed by atoms with van der Waals surface area (Å²) in [6.45, 7) is 5.74. The van der Waals surface area contributed by atoms with Crippen molar-refractivity contribution in [2.45, 2.75) is 32.7 Å². The number of carbonyl (C=O) groups is 2. The van der Waals surface area contributed by atoms with Crippen LogP contribution in [0.15, 0.2) is 17.5 Å². The SMILES string of the molecule is CN(CC(=O)NC(C)(C)C)C(=O)Cc1csc(-c2ccc(Cl)s2)n1. The number of thiophene rings is 1. The molecule has 0 bridgehead atoms. The third-order valence-electron chi connectivity index (χ3n) is 2.99. The Labute approximate surface area is 154 Å². The van der Waals surface area contributed by atoms with Crippen LogP contribution in [-0.2, 0) is 16.0 Å². The molecule has 2 aromatic heterocycles. The minimum atomic E-state index is -0.313. The summed E-state index contributed by atoms with van der Waals surface area (Å²) < 4.78 is 0.711. The summed E-state index contributed by atoms with van der Waals surface area (Å²) >= 11 is 8.87. The molecule has 0 atom stereocenters. The Morgan fingerprint density at radius 3 is 2.62 bits per heavy atom. The molecule has 1 N–H and O–H groups in total. The van der Waals surface area contributed by atoms with E-state index in [0.717, 1.165) is 9.88 Å². The average Bonchev–Trinajstić information content (AvgIpc) is 3.05. The molecule has 0 aliphatic carbocycles. The van der Waals surface area contributed by atoms with E-state index in [4.69, 9.17) is 11.6 Å². The number of rotatable bonds is 5. The summed E-state index contributed by atoms with van der Waals surface area (Å²) in [4.78, 5) is 31.0. The second kappa shape index (κ2) is 7.63. The zero-order valence-electron chi connectivity index (χ0n) is 14.1. The van der Waals surface area contributed by atoms with Gasteiger partial charge in [-0.3, -0.25) is 9.59 Å². The van der Waals surface area contributed by atoms with Gasteiger partial charge in [-0.15, -0.1) is 22.7 Å². The molecule has 130 valence electrons. The van der Waals surface area contributed by atoms with Gasteiger partial charge in [0.25, 0.3) is 0 Å². The molecule has 5 nitrogen and oxygen atoms in total. The molecular weight excluding hydrogens is 366 g/mol. The molecule has 2 rings (SSSR count). The van der Waals surface area contributed by atoms with Crippen molar-refractivity contribution in [2.75, 3.05) is 13.6 Å². The van der Waals surface area contributed by atoms with Crippen molar-refractivity contribution in [1.82, 2.24) is 15.2 Å². The lowest BCUT2D eigenvalue weighted by atomic mass is 10.1. The second-order valence-electron chi connectivity index (χ2n) is 6.47. The van der Waals surface area contributed by atoms with Gasteiger partial charge in [0.2, 0.25) is 11.8 Å². The van der Waals surface area contributed by atoms with Gasteiger partial charge in [0.1, 0.15) is 5.01 Å². The van der Waals surface area contributed by atoms with Crippen molar-refractivity contribution in [2.24, 2.45) is 0 Å². The van der Waals surface area contributed by atoms with Crippen LogP contribution in [-0.4, -0.2) is 40.8 Å². The van der Waals surface area contributed by atoms with E-state index in [-0.39, 0.29) is 30.3 Å². The number of aromatic nitrogens is 1. The maximum Gasteiger partial charge on any atom is 0.240 e. The molecule has 0 spiro atoms. The van der Waals surface area contributed by atoms with Crippen molar-refractivity contribution in [3.05, 3.63) is 27.5 Å². The number of hydrogen-bond acceptors (Lipinski definition) is 5. The van der Waals surface area contributed by atoms with Crippen molar-refractivity contribution in [1.29, 1.82) is 0 Å². The normalized spacial score (nSPS) is 11.4. The molecule has 2 heterocycles. The van der Waals surface area contributed by atoms with E-state index in [1.54, 1.807) is 7.05 Å². The molecule has 2 amide bonds. The van der Waals surface area contributed by atoms with Crippen LogP contribution in [0.4, 0.5) is 0 Å². The maximum absolute atomic E-state index is 12.3. The number of hydrogen-bond donors (Lipinski definition) is 1. The number of carbonyl (C=O) groups excluding carboxylic acids is 2. The summed E-state index contributed by atoms with van der Waals surface area (Å²) in [6, 6.07) is 3.75. The highest BCUT2D eigenvalue weighted by Crippen LogP contribution is 2.32. The fraction of sp³-hybridized carbons (Fsp3) is 0.438. The van der Waals surface area contributed by atoms with Gasteiger partial charge < -0.3 is 10.2 Å². The Bertz CT molecular complexity index is 734. The van der Waals surface area contributed by atoms with Crippen LogP contribution >= 0.6 is 34.3 Å². The van der Waals surface area contributed by atoms with Gasteiger partial charge in [0.15, 0.2) is 0 Å². The fourth-order valence-electron chi connectivity index (χ4n) is 1.98. The largest absolute Gasteiger partial charge is 0.350 e. The van der Waals surface area contributed by atoms with Crippen LogP contribution in [0.2, 0.25) is 4.34 Å². The minimum Gasteiger partial charge on any atom is -0.350 e. The predicted molar refractivity (Wildman–Crippen MR) is 99.7 cm³/mol. The molecule has 0 radical (unpaired) electrons. The van der Waals surface area contributed by atoms with Gasteiger partial charge in [-0.05, 0) is 32.9 Å². The summed E-state index contributed by atoms with van der Waals surface area (Å²) in [6.07, 6.45) is 0.176. The van der Waals surface area contributed by atoms with E-state index in [9.17, 15) is 9.59 Å². The molecular formula is C16H20ClN3O2S2. The summed E-state index contributed by atoms with van der Waals surface area (Å²) in [5.74, 6) is -0.314. The van der Waals surface area contributed by atoms with Crippen LogP contribution in [0, 0.1) is 0 Å². The zero-order chi connectivity index (χ0) is 17.9. The third-order valence-corrected chi connectivity index (χ3v) is 5.28. The van der Waals surface area contributed by atoms with Gasteiger partial charge in [-0.25, -0.2) is 4.98 Å². The van der Waals surface area contributed by atoms with E-state index >= 15 is 0 Å². The average molecular weight is 386 g/mol. The first kappa shape index (κ1) is 18.9. The van der Waals surface area contributed by atoms with Crippen LogP contribution in [0.1, 0.15) is 26.5 Å². The highest BCUT2D eigenvalue weighted by atomic mass is 35.5. The molecule has 0 aromatic carbocycles. The van der Waals surface area contributed by atoms with Gasteiger partial charge in [0, 0.05) is 18.0 Å². The Kier molecular flexibility index (Phi) is 6.01. The van der Waals surface area contributed by atoms with Crippen molar-refractivity contribution in [3.63, 3.8) is 0 Å². The molecule has 2 aromatic rings. The van der Waals surface area contributed by atoms with Crippen molar-refractivity contribution >= 4 is 46.1 Å². The molecule has 24 heavy (non-hydrogen) atoms. The lowest BCUT2D eigenvalue weighted by Crippen LogP contribution is -2.46. The highest BCUT2D eigenvalue weighted by molar-refractivity contribution is 7.23. The zero-order valence-corrected chi connectivity index (χ0v) is 16.4. The molecule has 0 aliphatic rings. The number of thiazole rings is 1. The predicted octanol–water partition coefficient (Wildman–Crippen LogP) is 3.44. The quantitative estimate of drug-likeness (QED) is 0.857. The highest BCUT2D eigenvalue weighted by Gasteiger charge is 2.19. The first-order valence-corrected chi connectivity index (χ1v) is 9.46. The molecule has 8 heteroatoms. The van der Waals surface area contributed by atoms with Crippen LogP contribution in [0.5, 0.6) is 0 Å². The third kappa shape index (κ3) is 5.58. The number of likely N-dealkylation sites (N-methyl/N-ethyl adjacent to an activating group) is 1. The maximum atomic E-state index is 12.3. The van der Waals surface area contributed by atoms with Gasteiger partial charge in [0.05, 0.1) is 27.9 Å². The smallest absolute Gasteiger partial charge is 0.240 e. The lowest BCUT2D eigenvalue weighted by Gasteiger charge is -2.23. The van der Waals surface area contributed by atoms with Gasteiger partial charge in [-0.1, -0.05) is 11.6 Å². The van der Waals surface area contributed by atoms with E-state index in [0.29, 0.717) is 10.0 Å². The lowest BCUT2D eigenvalue weighted by molar-refractivity contribution is -0.134. The Balaban J connectivity index is 1.92. The molecule has 0 unspecified atom stereocenters. The minimum absolute atomic E-state index is 0.0353. The summed E-state index contributed by atoms with van der Waals surface area (Å²) in [7, 11) is 1.62. The molecule has 0 saturated heterocycles. The van der Waals surface area contributed by atoms with E-state index in [1.165, 1.54) is 27.6 Å². The monoisotopic (exact) mass is 385 g/mol. The van der Waals surface area contributed by atoms with Crippen molar-refractivity contribution < 1.29 is 9.59 Å². The molecule has 0 saturated carbocycles. The Morgan fingerprint density at radius 2 is 2.04 bits per heavy atom. The Morgan fingerprint density at radius 1 is 1.33 bits per heavy atom. The van der Waals surface area contributed by atoms with Crippen LogP contribution < -0.4 is 5.32 Å². The standard InChI is InChI=1S/C16H20ClN3O2S2/c1-16(2,3)19-13(21)8-20(4)14(22)7-10-9-23-15(18-10)11-5-6-12(17)24-11/h5-6,9H,7-8H2,1-4H3,(H,19,21). The van der Waals surface area contributed by atoms with Crippen molar-refractivity contribution in [3.8, 4) is 9.88 Å². The Hall–Kier alpha value is -1.44. The number of amides is 2. The van der Waals surface area contributed by atoms with E-state index in [1.807, 2.05) is 38.3 Å². The second-order valence-corrected chi connectivity index (χ2v) is 9.05. The van der Waals surface area contributed by atoms with Gasteiger partial charge in [-0.2, -0.15) is 0 Å². The summed E-state index contributed by atoms with van der Waals surface area (Å²) in [5.41, 5.74) is 0.389. The van der Waals surface area contributed by atoms with E-state index in [2.05, 4.69) is 10.3 Å². The van der Waals surface area contributed by atoms with E-state index < -0.39 is 0 Å². The number of nitrogens with one attached hydrogen (secondary N) is 1. The summed E-state index contributed by atoms with van der Waals surface area (Å²) in [5, 5.41) is 5.55. The first-order valence-electron chi connectivity index (χ1n) is 7.39. The topological polar surface area (TPSA) is 62.3 Å².